The van der Waals surface area contributed by atoms with Crippen molar-refractivity contribution in [3.63, 3.8) is 0 Å². The van der Waals surface area contributed by atoms with Crippen molar-refractivity contribution in [2.24, 2.45) is 0 Å². The number of carbonyl (C=O) groups excluding carboxylic acids is 3. The molecule has 4 aromatic carbocycles. The maximum absolute atomic E-state index is 13.5. The molecule has 2 saturated heterocycles. The fourth-order valence-corrected chi connectivity index (χ4v) is 11.0. The minimum atomic E-state index is -4.63. The maximum atomic E-state index is 13.5. The van der Waals surface area contributed by atoms with Gasteiger partial charge >= 0.3 is 18.4 Å². The molecule has 0 aliphatic carbocycles. The normalized spacial score (nSPS) is 16.9. The quantitative estimate of drug-likeness (QED) is 0.0848. The number of hydrogen-bond donors (Lipinski definition) is 4. The lowest BCUT2D eigenvalue weighted by atomic mass is 10.0. The van der Waals surface area contributed by atoms with E-state index in [1.54, 1.807) is 12.1 Å². The Labute approximate surface area is 432 Å². The molecule has 0 bridgehead atoms. The number of sulfonamides is 2. The van der Waals surface area contributed by atoms with E-state index in [-0.39, 0.29) is 68.0 Å². The first-order chi connectivity index (χ1) is 34.4. The summed E-state index contributed by atoms with van der Waals surface area (Å²) in [6, 6.07) is 22.1. The third-order valence-electron chi connectivity index (χ3n) is 12.2. The standard InChI is InChI=1S/C28H30F3N5O4S.C22H26F3N3O3S.ClH/c1-19(2)21-5-3-20(4-6-21)17-33-26(37)25-18-35(27(38)34-23-11-13-32-14-12-23)15-16-36(25)41(39,40)24-9-7-22(8-10-24)28(29,30)31;1-15(2)17-5-3-16(4-6-17)13-27-21(29)20-14-26-11-12-28(20)32(30,31)19-9-7-18(8-10-19)22(23,24)25;/h3-14,19,25H,15-18H2,1-2H3,(H,33,37)(H,32,34,38);3-10,15,20,26H,11-14H2,1-2H3,(H,27,29);1H/t25-;20-;/m11./s1. The van der Waals surface area contributed by atoms with E-state index in [4.69, 9.17) is 0 Å². The smallest absolute Gasteiger partial charge is 0.351 e. The minimum absolute atomic E-state index is 0. The van der Waals surface area contributed by atoms with Gasteiger partial charge in [-0.3, -0.25) is 14.6 Å². The van der Waals surface area contributed by atoms with Crippen LogP contribution in [0.1, 0.15) is 72.9 Å². The van der Waals surface area contributed by atoms with Gasteiger partial charge in [0.2, 0.25) is 31.9 Å². The molecule has 0 unspecified atom stereocenters. The number of pyridine rings is 1. The van der Waals surface area contributed by atoms with E-state index >= 15 is 0 Å². The van der Waals surface area contributed by atoms with Gasteiger partial charge in [-0.25, -0.2) is 21.6 Å². The zero-order valence-corrected chi connectivity index (χ0v) is 43.1. The number of halogens is 7. The van der Waals surface area contributed by atoms with Crippen LogP contribution in [0.3, 0.4) is 0 Å². The number of carbonyl (C=O) groups is 3. The molecule has 74 heavy (non-hydrogen) atoms. The van der Waals surface area contributed by atoms with Crippen molar-refractivity contribution in [3.8, 4) is 0 Å². The number of amides is 4. The van der Waals surface area contributed by atoms with Gasteiger partial charge in [-0.2, -0.15) is 35.0 Å². The summed E-state index contributed by atoms with van der Waals surface area (Å²) in [7, 11) is -8.54. The van der Waals surface area contributed by atoms with Crippen LogP contribution in [0.2, 0.25) is 0 Å². The number of anilines is 1. The lowest BCUT2D eigenvalue weighted by Crippen LogP contribution is -2.61. The average molecular weight is 1100 g/mol. The number of piperazine rings is 2. The van der Waals surface area contributed by atoms with Crippen LogP contribution in [-0.2, 0) is 55.1 Å². The van der Waals surface area contributed by atoms with Gasteiger partial charge in [0.1, 0.15) is 12.1 Å². The number of alkyl halides is 6. The van der Waals surface area contributed by atoms with Crippen LogP contribution in [-0.4, -0.2) is 105 Å². The van der Waals surface area contributed by atoms with Gasteiger partial charge in [0.15, 0.2) is 0 Å². The van der Waals surface area contributed by atoms with Crippen LogP contribution in [0, 0.1) is 0 Å². The van der Waals surface area contributed by atoms with Crippen LogP contribution in [0.25, 0.3) is 0 Å². The van der Waals surface area contributed by atoms with Crippen LogP contribution in [0.5, 0.6) is 0 Å². The summed E-state index contributed by atoms with van der Waals surface area (Å²) in [5.74, 6) is -0.402. The van der Waals surface area contributed by atoms with Crippen LogP contribution >= 0.6 is 12.4 Å². The molecule has 2 aliphatic heterocycles. The van der Waals surface area contributed by atoms with Crippen molar-refractivity contribution >= 4 is 56.0 Å². The molecule has 4 amide bonds. The van der Waals surface area contributed by atoms with E-state index in [1.807, 2.05) is 48.5 Å². The van der Waals surface area contributed by atoms with Crippen molar-refractivity contribution < 1.29 is 57.6 Å². The summed E-state index contributed by atoms with van der Waals surface area (Å²) in [5.41, 5.74) is 2.51. The summed E-state index contributed by atoms with van der Waals surface area (Å²) in [4.78, 5) is 43.7. The summed E-state index contributed by atoms with van der Waals surface area (Å²) >= 11 is 0. The number of nitrogens with zero attached hydrogens (tertiary/aromatic N) is 4. The Bertz CT molecular complexity index is 2900. The SMILES string of the molecule is CC(C)c1ccc(CNC(=O)[C@H]2CN(C(=O)Nc3ccncc3)CCN2S(=O)(=O)c2ccc(C(F)(F)F)cc2)cc1.CC(C)c1ccc(CNC(=O)[C@H]2CNCCN2S(=O)(=O)c2ccc(C(F)(F)F)cc2)cc1.Cl. The van der Waals surface area contributed by atoms with Crippen LogP contribution in [0.15, 0.2) is 131 Å². The van der Waals surface area contributed by atoms with E-state index in [1.165, 1.54) is 22.9 Å². The zero-order chi connectivity index (χ0) is 53.3. The summed E-state index contributed by atoms with van der Waals surface area (Å²) in [6.07, 6.45) is -6.21. The topological polar surface area (TPSA) is 190 Å². The van der Waals surface area contributed by atoms with Gasteiger partial charge in [-0.05, 0) is 94.8 Å². The molecule has 0 radical (unpaired) electrons. The predicted molar refractivity (Wildman–Crippen MR) is 268 cm³/mol. The van der Waals surface area contributed by atoms with Crippen LogP contribution in [0.4, 0.5) is 36.8 Å². The Hall–Kier alpha value is -6.11. The third kappa shape index (κ3) is 15.0. The lowest BCUT2D eigenvalue weighted by Gasteiger charge is -2.39. The molecule has 24 heteroatoms. The molecular formula is C50H57ClF6N8O7S2. The maximum Gasteiger partial charge on any atom is 0.416 e. The van der Waals surface area contributed by atoms with Gasteiger partial charge in [0, 0.05) is 70.4 Å². The second-order valence-corrected chi connectivity index (χ2v) is 21.6. The fraction of sp³-hybridized carbons (Fsp3) is 0.360. The molecule has 2 aliphatic rings. The number of nitrogens with one attached hydrogen (secondary N) is 4. The van der Waals surface area contributed by atoms with E-state index in [9.17, 15) is 57.6 Å². The predicted octanol–water partition coefficient (Wildman–Crippen LogP) is 7.98. The summed E-state index contributed by atoms with van der Waals surface area (Å²) < 4.78 is 133. The number of hydrogen-bond acceptors (Lipinski definition) is 9. The highest BCUT2D eigenvalue weighted by molar-refractivity contribution is 7.89. The molecule has 1 aromatic heterocycles. The lowest BCUT2D eigenvalue weighted by molar-refractivity contribution is -0.138. The Morgan fingerprint density at radius 1 is 0.608 bits per heavy atom. The Kier molecular flexibility index (Phi) is 19.8. The second-order valence-electron chi connectivity index (χ2n) is 17.9. The molecule has 0 saturated carbocycles. The molecule has 4 N–H and O–H groups in total. The van der Waals surface area contributed by atoms with Crippen molar-refractivity contribution in [3.05, 3.63) is 155 Å². The highest BCUT2D eigenvalue weighted by atomic mass is 35.5. The highest BCUT2D eigenvalue weighted by Crippen LogP contribution is 2.32. The van der Waals surface area contributed by atoms with E-state index < -0.39 is 73.5 Å². The number of aromatic nitrogens is 1. The Morgan fingerprint density at radius 3 is 1.45 bits per heavy atom. The largest absolute Gasteiger partial charge is 0.416 e. The molecular weight excluding hydrogens is 1040 g/mol. The number of rotatable bonds is 13. The van der Waals surface area contributed by atoms with Crippen molar-refractivity contribution in [2.75, 3.05) is 44.6 Å². The molecule has 15 nitrogen and oxygen atoms in total. The monoisotopic (exact) mass is 1090 g/mol. The second kappa shape index (κ2) is 24.9. The van der Waals surface area contributed by atoms with Crippen LogP contribution < -0.4 is 21.3 Å². The van der Waals surface area contributed by atoms with Gasteiger partial charge < -0.3 is 26.2 Å². The van der Waals surface area contributed by atoms with Gasteiger partial charge in [0.25, 0.3) is 0 Å². The molecule has 400 valence electrons. The van der Waals surface area contributed by atoms with Gasteiger partial charge in [-0.15, -0.1) is 12.4 Å². The first-order valence-corrected chi connectivity index (χ1v) is 26.0. The molecule has 5 aromatic rings. The summed E-state index contributed by atoms with van der Waals surface area (Å²) in [6.45, 7) is 8.55. The van der Waals surface area contributed by atoms with Crippen molar-refractivity contribution in [2.45, 2.75) is 86.8 Å². The van der Waals surface area contributed by atoms with E-state index in [0.29, 0.717) is 36.2 Å². The van der Waals surface area contributed by atoms with E-state index in [0.717, 1.165) is 61.7 Å². The number of benzene rings is 4. The van der Waals surface area contributed by atoms with Gasteiger partial charge in [-0.1, -0.05) is 76.2 Å². The summed E-state index contributed by atoms with van der Waals surface area (Å²) in [5, 5.41) is 11.2. The number of urea groups is 1. The average Bonchev–Trinajstić information content (AvgIpc) is 3.37. The highest BCUT2D eigenvalue weighted by Gasteiger charge is 2.42. The zero-order valence-electron chi connectivity index (χ0n) is 40.7. The first kappa shape index (κ1) is 58.8. The molecule has 2 atom stereocenters. The van der Waals surface area contributed by atoms with Crippen molar-refractivity contribution in [1.29, 1.82) is 0 Å². The fourth-order valence-electron chi connectivity index (χ4n) is 7.84. The molecule has 3 heterocycles. The third-order valence-corrected chi connectivity index (χ3v) is 16.0. The Balaban J connectivity index is 0.000000279. The molecule has 0 spiro atoms. The molecule has 7 rings (SSSR count). The van der Waals surface area contributed by atoms with Crippen molar-refractivity contribution in [1.82, 2.24) is 34.4 Å². The first-order valence-electron chi connectivity index (χ1n) is 23.1. The molecule has 2 fully saturated rings. The Morgan fingerprint density at radius 2 is 1.03 bits per heavy atom. The minimum Gasteiger partial charge on any atom is -0.351 e. The van der Waals surface area contributed by atoms with Gasteiger partial charge in [0.05, 0.1) is 20.9 Å². The van der Waals surface area contributed by atoms with E-state index in [2.05, 4.69) is 53.9 Å².